The lowest BCUT2D eigenvalue weighted by Gasteiger charge is -2.05. The Labute approximate surface area is 106 Å². The molecule has 1 N–H and O–H groups in total. The standard InChI is InChI=1S/C16H14N2/c1-17-14-8-10-16-13(11-14)7-9-15(18-16)12-5-3-2-4-6-12/h2-11,17H,1H3. The van der Waals surface area contributed by atoms with Crippen LogP contribution in [-0.4, -0.2) is 12.0 Å². The first-order chi connectivity index (χ1) is 8.86. The molecule has 2 heteroatoms. The van der Waals surface area contributed by atoms with Crippen molar-refractivity contribution in [1.29, 1.82) is 0 Å². The second-order valence-electron chi connectivity index (χ2n) is 4.22. The van der Waals surface area contributed by atoms with E-state index in [1.165, 1.54) is 0 Å². The summed E-state index contributed by atoms with van der Waals surface area (Å²) in [6, 6.07) is 20.6. The highest BCUT2D eigenvalue weighted by Crippen LogP contribution is 2.22. The summed E-state index contributed by atoms with van der Waals surface area (Å²) >= 11 is 0. The van der Waals surface area contributed by atoms with Gasteiger partial charge < -0.3 is 5.32 Å². The van der Waals surface area contributed by atoms with Gasteiger partial charge in [-0.25, -0.2) is 4.98 Å². The topological polar surface area (TPSA) is 24.9 Å². The van der Waals surface area contributed by atoms with E-state index in [0.29, 0.717) is 0 Å². The van der Waals surface area contributed by atoms with Crippen molar-refractivity contribution in [3.05, 3.63) is 60.7 Å². The minimum absolute atomic E-state index is 1.01. The number of rotatable bonds is 2. The quantitative estimate of drug-likeness (QED) is 0.726. The Hall–Kier alpha value is -2.35. The van der Waals surface area contributed by atoms with Crippen LogP contribution in [0, 0.1) is 0 Å². The van der Waals surface area contributed by atoms with Crippen molar-refractivity contribution in [2.24, 2.45) is 0 Å². The molecule has 2 nitrogen and oxygen atoms in total. The van der Waals surface area contributed by atoms with Crippen LogP contribution in [0.15, 0.2) is 60.7 Å². The van der Waals surface area contributed by atoms with E-state index >= 15 is 0 Å². The maximum Gasteiger partial charge on any atom is 0.0711 e. The highest BCUT2D eigenvalue weighted by molar-refractivity contribution is 5.84. The van der Waals surface area contributed by atoms with Gasteiger partial charge in [-0.15, -0.1) is 0 Å². The third kappa shape index (κ3) is 1.93. The fraction of sp³-hybridized carbons (Fsp3) is 0.0625. The molecule has 88 valence electrons. The molecule has 0 amide bonds. The van der Waals surface area contributed by atoms with Gasteiger partial charge in [-0.2, -0.15) is 0 Å². The first-order valence-electron chi connectivity index (χ1n) is 6.01. The molecule has 1 heterocycles. The molecule has 0 unspecified atom stereocenters. The van der Waals surface area contributed by atoms with E-state index in [2.05, 4.69) is 35.6 Å². The minimum Gasteiger partial charge on any atom is -0.388 e. The molecule has 3 rings (SSSR count). The van der Waals surface area contributed by atoms with Crippen LogP contribution >= 0.6 is 0 Å². The fourth-order valence-corrected chi connectivity index (χ4v) is 2.05. The first-order valence-corrected chi connectivity index (χ1v) is 6.01. The summed E-state index contributed by atoms with van der Waals surface area (Å²) in [5, 5.41) is 4.29. The van der Waals surface area contributed by atoms with Gasteiger partial charge in [0.1, 0.15) is 0 Å². The van der Waals surface area contributed by atoms with E-state index in [-0.39, 0.29) is 0 Å². The molecule has 0 saturated carbocycles. The van der Waals surface area contributed by atoms with Gasteiger partial charge in [0, 0.05) is 23.7 Å². The zero-order valence-electron chi connectivity index (χ0n) is 10.2. The molecule has 0 aliphatic carbocycles. The van der Waals surface area contributed by atoms with E-state index < -0.39 is 0 Å². The molecular weight excluding hydrogens is 220 g/mol. The predicted octanol–water partition coefficient (Wildman–Crippen LogP) is 3.94. The molecule has 0 saturated heterocycles. The van der Waals surface area contributed by atoms with E-state index in [9.17, 15) is 0 Å². The number of nitrogens with one attached hydrogen (secondary N) is 1. The lowest BCUT2D eigenvalue weighted by atomic mass is 10.1. The summed E-state index contributed by atoms with van der Waals surface area (Å²) in [6.07, 6.45) is 0. The molecule has 0 atom stereocenters. The van der Waals surface area contributed by atoms with Crippen molar-refractivity contribution in [3.8, 4) is 11.3 Å². The number of aromatic nitrogens is 1. The molecule has 0 spiro atoms. The third-order valence-corrected chi connectivity index (χ3v) is 3.05. The molecule has 18 heavy (non-hydrogen) atoms. The van der Waals surface area contributed by atoms with Crippen molar-refractivity contribution in [3.63, 3.8) is 0 Å². The SMILES string of the molecule is CNc1ccc2nc(-c3ccccc3)ccc2c1. The van der Waals surface area contributed by atoms with E-state index in [1.54, 1.807) is 0 Å². The van der Waals surface area contributed by atoms with Crippen molar-refractivity contribution >= 4 is 16.6 Å². The van der Waals surface area contributed by atoms with Crippen LogP contribution in [0.3, 0.4) is 0 Å². The van der Waals surface area contributed by atoms with Crippen molar-refractivity contribution < 1.29 is 0 Å². The number of nitrogens with zero attached hydrogens (tertiary/aromatic N) is 1. The number of hydrogen-bond acceptors (Lipinski definition) is 2. The summed E-state index contributed by atoms with van der Waals surface area (Å²) in [7, 11) is 1.92. The average Bonchev–Trinajstić information content (AvgIpc) is 2.47. The zero-order valence-corrected chi connectivity index (χ0v) is 10.2. The molecule has 0 aliphatic heterocycles. The molecule has 1 aromatic heterocycles. The van der Waals surface area contributed by atoms with Gasteiger partial charge in [0.05, 0.1) is 11.2 Å². The summed E-state index contributed by atoms with van der Waals surface area (Å²) in [4.78, 5) is 4.69. The highest BCUT2D eigenvalue weighted by Gasteiger charge is 2.01. The Kier molecular flexibility index (Phi) is 2.69. The van der Waals surface area contributed by atoms with Crippen LogP contribution in [0.4, 0.5) is 5.69 Å². The lowest BCUT2D eigenvalue weighted by molar-refractivity contribution is 1.39. The smallest absolute Gasteiger partial charge is 0.0711 e. The van der Waals surface area contributed by atoms with Gasteiger partial charge >= 0.3 is 0 Å². The van der Waals surface area contributed by atoms with Gasteiger partial charge in [-0.3, -0.25) is 0 Å². The molecule has 0 bridgehead atoms. The van der Waals surface area contributed by atoms with Gasteiger partial charge in [0.15, 0.2) is 0 Å². The number of pyridine rings is 1. The molecular formula is C16H14N2. The summed E-state index contributed by atoms with van der Waals surface area (Å²) in [5.41, 5.74) is 4.30. The summed E-state index contributed by atoms with van der Waals surface area (Å²) in [6.45, 7) is 0. The van der Waals surface area contributed by atoms with Crippen LogP contribution in [-0.2, 0) is 0 Å². The van der Waals surface area contributed by atoms with Crippen LogP contribution in [0.5, 0.6) is 0 Å². The maximum atomic E-state index is 4.69. The van der Waals surface area contributed by atoms with Crippen molar-refractivity contribution in [2.75, 3.05) is 12.4 Å². The van der Waals surface area contributed by atoms with Gasteiger partial charge in [0.2, 0.25) is 0 Å². The second kappa shape index (κ2) is 4.49. The molecule has 0 radical (unpaired) electrons. The second-order valence-corrected chi connectivity index (χ2v) is 4.22. The summed E-state index contributed by atoms with van der Waals surface area (Å²) in [5.74, 6) is 0. The number of benzene rings is 2. The average molecular weight is 234 g/mol. The lowest BCUT2D eigenvalue weighted by Crippen LogP contribution is -1.89. The van der Waals surface area contributed by atoms with Gasteiger partial charge in [-0.1, -0.05) is 36.4 Å². The Morgan fingerprint density at radius 3 is 2.50 bits per heavy atom. The first kappa shape index (κ1) is 10.8. The highest BCUT2D eigenvalue weighted by atomic mass is 14.8. The number of hydrogen-bond donors (Lipinski definition) is 1. The van der Waals surface area contributed by atoms with Crippen LogP contribution in [0.25, 0.3) is 22.2 Å². The number of anilines is 1. The monoisotopic (exact) mass is 234 g/mol. The number of fused-ring (bicyclic) bond motifs is 1. The molecule has 3 aromatic rings. The van der Waals surface area contributed by atoms with E-state index in [0.717, 1.165) is 27.8 Å². The molecule has 0 aliphatic rings. The summed E-state index contributed by atoms with van der Waals surface area (Å²) < 4.78 is 0. The Balaban J connectivity index is 2.12. The molecule has 2 aromatic carbocycles. The van der Waals surface area contributed by atoms with Crippen LogP contribution in [0.2, 0.25) is 0 Å². The normalized spacial score (nSPS) is 10.5. The largest absolute Gasteiger partial charge is 0.388 e. The van der Waals surface area contributed by atoms with E-state index in [4.69, 9.17) is 4.98 Å². The minimum atomic E-state index is 1.01. The third-order valence-electron chi connectivity index (χ3n) is 3.05. The van der Waals surface area contributed by atoms with Crippen molar-refractivity contribution in [1.82, 2.24) is 4.98 Å². The molecule has 0 fully saturated rings. The van der Waals surface area contributed by atoms with Crippen molar-refractivity contribution in [2.45, 2.75) is 0 Å². The van der Waals surface area contributed by atoms with Gasteiger partial charge in [-0.05, 0) is 24.3 Å². The van der Waals surface area contributed by atoms with Crippen LogP contribution < -0.4 is 5.32 Å². The fourth-order valence-electron chi connectivity index (χ4n) is 2.05. The Bertz CT molecular complexity index is 675. The predicted molar refractivity (Wildman–Crippen MR) is 76.7 cm³/mol. The van der Waals surface area contributed by atoms with Gasteiger partial charge in [0.25, 0.3) is 0 Å². The van der Waals surface area contributed by atoms with Crippen LogP contribution in [0.1, 0.15) is 0 Å². The Morgan fingerprint density at radius 1 is 0.889 bits per heavy atom. The zero-order chi connectivity index (χ0) is 12.4. The maximum absolute atomic E-state index is 4.69. The van der Waals surface area contributed by atoms with E-state index in [1.807, 2.05) is 37.4 Å². The Morgan fingerprint density at radius 2 is 1.72 bits per heavy atom.